The quantitative estimate of drug-likeness (QED) is 0.421. The maximum Gasteiger partial charge on any atom is 0.305 e. The van der Waals surface area contributed by atoms with Crippen molar-refractivity contribution in [2.45, 2.75) is 35.5 Å². The van der Waals surface area contributed by atoms with Crippen LogP contribution >= 0.6 is 34.7 Å². The van der Waals surface area contributed by atoms with Crippen LogP contribution in [0.15, 0.2) is 52.3 Å². The fourth-order valence-electron chi connectivity index (χ4n) is 5.61. The van der Waals surface area contributed by atoms with E-state index in [1.165, 1.54) is 16.7 Å². The molecule has 3 aliphatic heterocycles. The molecule has 0 aliphatic carbocycles. The molecule has 3 amide bonds. The first kappa shape index (κ1) is 26.9. The molecule has 12 heteroatoms. The van der Waals surface area contributed by atoms with Gasteiger partial charge in [0.2, 0.25) is 11.8 Å². The Balaban J connectivity index is 1.38. The van der Waals surface area contributed by atoms with Gasteiger partial charge in [-0.3, -0.25) is 19.2 Å². The number of hydrogen-bond acceptors (Lipinski definition) is 8. The van der Waals surface area contributed by atoms with Gasteiger partial charge in [-0.1, -0.05) is 34.7 Å². The predicted molar refractivity (Wildman–Crippen MR) is 153 cm³/mol. The molecule has 1 N–H and O–H groups in total. The summed E-state index contributed by atoms with van der Waals surface area (Å²) in [6.45, 7) is 1.25. The molecule has 1 aromatic heterocycles. The first-order valence-corrected chi connectivity index (χ1v) is 15.0. The van der Waals surface area contributed by atoms with E-state index in [1.54, 1.807) is 54.5 Å². The standard InChI is InChI=1S/C28H26ClN3O6S2/c1-37-17-8-6-16(7-9-17)32-26(34)22-21(23-25(30-28(36)40-23)39-24(22)27(32)35)18-13-15(29)5-10-19(18)38-14-20(33)31-11-3-2-4-12-31/h5-10,13,21-22,24H,2-4,11-12,14H2,1H3,(H,30,36). The number of methoxy groups -OCH3 is 1. The summed E-state index contributed by atoms with van der Waals surface area (Å²) in [4.78, 5) is 59.2. The fourth-order valence-corrected chi connectivity index (χ4v) is 8.29. The monoisotopic (exact) mass is 599 g/mol. The first-order valence-electron chi connectivity index (χ1n) is 13.0. The predicted octanol–water partition coefficient (Wildman–Crippen LogP) is 4.29. The highest BCUT2D eigenvalue weighted by atomic mass is 35.5. The molecule has 208 valence electrons. The minimum absolute atomic E-state index is 0.109. The summed E-state index contributed by atoms with van der Waals surface area (Å²) in [5.41, 5.74) is 1.000. The number of halogens is 1. The van der Waals surface area contributed by atoms with E-state index >= 15 is 0 Å². The van der Waals surface area contributed by atoms with Gasteiger partial charge in [-0.05, 0) is 61.7 Å². The number of rotatable bonds is 6. The number of likely N-dealkylation sites (tertiary alicyclic amines) is 1. The van der Waals surface area contributed by atoms with E-state index in [9.17, 15) is 19.2 Å². The van der Waals surface area contributed by atoms with Gasteiger partial charge < -0.3 is 19.4 Å². The van der Waals surface area contributed by atoms with Crippen molar-refractivity contribution in [1.29, 1.82) is 0 Å². The number of thiazole rings is 1. The Morgan fingerprint density at radius 1 is 1.05 bits per heavy atom. The van der Waals surface area contributed by atoms with E-state index in [2.05, 4.69) is 4.98 Å². The molecule has 2 aromatic carbocycles. The van der Waals surface area contributed by atoms with Crippen LogP contribution in [0.2, 0.25) is 5.02 Å². The molecule has 3 unspecified atom stereocenters. The molecule has 2 fully saturated rings. The second-order valence-corrected chi connectivity index (χ2v) is 12.5. The first-order chi connectivity index (χ1) is 19.4. The van der Waals surface area contributed by atoms with E-state index in [4.69, 9.17) is 21.1 Å². The van der Waals surface area contributed by atoms with Crippen LogP contribution in [-0.4, -0.2) is 59.7 Å². The van der Waals surface area contributed by atoms with Gasteiger partial charge in [0.05, 0.1) is 23.7 Å². The third-order valence-corrected chi connectivity index (χ3v) is 10.2. The zero-order valence-corrected chi connectivity index (χ0v) is 23.9. The number of imide groups is 1. The number of nitrogens with zero attached hydrogens (tertiary/aromatic N) is 2. The molecule has 6 rings (SSSR count). The molecule has 2 saturated heterocycles. The average molecular weight is 600 g/mol. The van der Waals surface area contributed by atoms with Crippen molar-refractivity contribution in [3.63, 3.8) is 0 Å². The molecule has 4 heterocycles. The minimum atomic E-state index is -0.808. The van der Waals surface area contributed by atoms with Crippen molar-refractivity contribution < 1.29 is 23.9 Å². The van der Waals surface area contributed by atoms with Crippen LogP contribution in [0.5, 0.6) is 11.5 Å². The number of piperidine rings is 1. The maximum absolute atomic E-state index is 14.0. The largest absolute Gasteiger partial charge is 0.497 e. The summed E-state index contributed by atoms with van der Waals surface area (Å²) in [5.74, 6) is -1.34. The minimum Gasteiger partial charge on any atom is -0.497 e. The van der Waals surface area contributed by atoms with Gasteiger partial charge in [-0.25, -0.2) is 4.90 Å². The van der Waals surface area contributed by atoms with Gasteiger partial charge in [-0.15, -0.1) is 0 Å². The van der Waals surface area contributed by atoms with Crippen LogP contribution in [0.3, 0.4) is 0 Å². The molecule has 40 heavy (non-hydrogen) atoms. The van der Waals surface area contributed by atoms with Crippen molar-refractivity contribution in [3.8, 4) is 11.5 Å². The van der Waals surface area contributed by atoms with Crippen molar-refractivity contribution in [1.82, 2.24) is 9.88 Å². The summed E-state index contributed by atoms with van der Waals surface area (Å²) in [5, 5.41) is 0.196. The van der Waals surface area contributed by atoms with Crippen LogP contribution in [0.4, 0.5) is 5.69 Å². The Labute approximate surface area is 243 Å². The second-order valence-electron chi connectivity index (χ2n) is 9.87. The lowest BCUT2D eigenvalue weighted by Gasteiger charge is -2.31. The normalized spacial score (nSPS) is 22.2. The number of amides is 3. The Morgan fingerprint density at radius 3 is 2.52 bits per heavy atom. The van der Waals surface area contributed by atoms with E-state index in [-0.39, 0.29) is 29.2 Å². The number of fused-ring (bicyclic) bond motifs is 2. The molecule has 0 bridgehead atoms. The van der Waals surface area contributed by atoms with Crippen LogP contribution < -0.4 is 19.2 Å². The molecular weight excluding hydrogens is 574 g/mol. The van der Waals surface area contributed by atoms with E-state index in [0.717, 1.165) is 30.6 Å². The number of ether oxygens (including phenoxy) is 2. The second kappa shape index (κ2) is 10.9. The number of hydrogen-bond donors (Lipinski definition) is 1. The molecular formula is C28H26ClN3O6S2. The Hall–Kier alpha value is -3.28. The molecule has 0 radical (unpaired) electrons. The molecule has 9 nitrogen and oxygen atoms in total. The van der Waals surface area contributed by atoms with Gasteiger partial charge in [0.15, 0.2) is 6.61 Å². The summed E-state index contributed by atoms with van der Waals surface area (Å²) in [7, 11) is 1.54. The van der Waals surface area contributed by atoms with Crippen molar-refractivity contribution in [3.05, 3.63) is 67.6 Å². The number of nitrogens with one attached hydrogen (secondary N) is 1. The molecule has 3 aliphatic rings. The number of aromatic amines is 1. The van der Waals surface area contributed by atoms with Crippen LogP contribution in [0, 0.1) is 5.92 Å². The zero-order valence-electron chi connectivity index (χ0n) is 21.6. The highest BCUT2D eigenvalue weighted by Crippen LogP contribution is 2.54. The molecule has 0 saturated carbocycles. The molecule has 3 aromatic rings. The lowest BCUT2D eigenvalue weighted by atomic mass is 9.82. The Morgan fingerprint density at radius 2 is 1.80 bits per heavy atom. The van der Waals surface area contributed by atoms with Gasteiger partial charge >= 0.3 is 4.87 Å². The number of anilines is 1. The lowest BCUT2D eigenvalue weighted by molar-refractivity contribution is -0.134. The summed E-state index contributed by atoms with van der Waals surface area (Å²) in [6, 6.07) is 11.8. The Kier molecular flexibility index (Phi) is 7.37. The van der Waals surface area contributed by atoms with Gasteiger partial charge in [0.25, 0.3) is 5.91 Å². The van der Waals surface area contributed by atoms with E-state index in [1.807, 2.05) is 0 Å². The molecule has 0 spiro atoms. The van der Waals surface area contributed by atoms with Crippen molar-refractivity contribution in [2.75, 3.05) is 31.7 Å². The lowest BCUT2D eigenvalue weighted by Crippen LogP contribution is -2.38. The number of H-pyrrole nitrogens is 1. The third kappa shape index (κ3) is 4.80. The summed E-state index contributed by atoms with van der Waals surface area (Å²) >= 11 is 8.64. The van der Waals surface area contributed by atoms with E-state index < -0.39 is 17.1 Å². The number of thioether (sulfide) groups is 1. The number of aromatic nitrogens is 1. The van der Waals surface area contributed by atoms with Gasteiger partial charge in [0, 0.05) is 34.5 Å². The smallest absolute Gasteiger partial charge is 0.305 e. The van der Waals surface area contributed by atoms with Crippen LogP contribution in [0.25, 0.3) is 0 Å². The van der Waals surface area contributed by atoms with Crippen molar-refractivity contribution >= 4 is 58.1 Å². The van der Waals surface area contributed by atoms with E-state index in [0.29, 0.717) is 50.8 Å². The zero-order chi connectivity index (χ0) is 28.0. The molecule has 3 atom stereocenters. The van der Waals surface area contributed by atoms with Crippen LogP contribution in [-0.2, 0) is 14.4 Å². The SMILES string of the molecule is COc1ccc(N2C(=O)C3Sc4[nH]c(=O)sc4C(c4cc(Cl)ccc4OCC(=O)N4CCCCC4)C3C2=O)cc1. The highest BCUT2D eigenvalue weighted by molar-refractivity contribution is 8.00. The third-order valence-electron chi connectivity index (χ3n) is 7.52. The summed E-state index contributed by atoms with van der Waals surface area (Å²) in [6.07, 6.45) is 3.05. The average Bonchev–Trinajstić information content (AvgIpc) is 3.46. The van der Waals surface area contributed by atoms with Gasteiger partial charge in [-0.2, -0.15) is 0 Å². The fraction of sp³-hybridized carbons (Fsp3) is 0.357. The van der Waals surface area contributed by atoms with Crippen LogP contribution in [0.1, 0.15) is 35.6 Å². The maximum atomic E-state index is 14.0. The van der Waals surface area contributed by atoms with Gasteiger partial charge in [0.1, 0.15) is 16.7 Å². The summed E-state index contributed by atoms with van der Waals surface area (Å²) < 4.78 is 11.3. The topological polar surface area (TPSA) is 109 Å². The number of carbonyl (C=O) groups excluding carboxylic acids is 3. The highest BCUT2D eigenvalue weighted by Gasteiger charge is 2.56. The number of benzene rings is 2. The van der Waals surface area contributed by atoms with Crippen molar-refractivity contribution in [2.24, 2.45) is 5.92 Å². The Bertz CT molecular complexity index is 1530. The number of carbonyl (C=O) groups is 3.